The van der Waals surface area contributed by atoms with Gasteiger partial charge in [0.05, 0.1) is 18.8 Å². The van der Waals surface area contributed by atoms with Gasteiger partial charge in [0.1, 0.15) is 0 Å². The number of carbonyl (C=O) groups is 1. The first-order valence-electron chi connectivity index (χ1n) is 7.51. The summed E-state index contributed by atoms with van der Waals surface area (Å²) in [7, 11) is 0. The molecule has 0 unspecified atom stereocenters. The van der Waals surface area contributed by atoms with Crippen molar-refractivity contribution in [1.29, 1.82) is 0 Å². The largest absolute Gasteiger partial charge is 0.368 e. The molecule has 3 N–H and O–H groups in total. The average Bonchev–Trinajstić information content (AvgIpc) is 2.96. The zero-order valence-electron chi connectivity index (χ0n) is 12.1. The van der Waals surface area contributed by atoms with Crippen molar-refractivity contribution in [2.45, 2.75) is 43.6 Å². The van der Waals surface area contributed by atoms with E-state index in [-0.39, 0.29) is 5.91 Å². The molecule has 1 aliphatic carbocycles. The fourth-order valence-electron chi connectivity index (χ4n) is 3.22. The van der Waals surface area contributed by atoms with Crippen molar-refractivity contribution in [3.63, 3.8) is 0 Å². The molecule has 1 saturated heterocycles. The van der Waals surface area contributed by atoms with Gasteiger partial charge in [0, 0.05) is 19.4 Å². The summed E-state index contributed by atoms with van der Waals surface area (Å²) in [6.45, 7) is 1.92. The minimum atomic E-state index is -0.656. The number of nitrogens with one attached hydrogen (secondary N) is 1. The van der Waals surface area contributed by atoms with Gasteiger partial charge in [-0.05, 0) is 18.4 Å². The molecule has 1 heterocycles. The van der Waals surface area contributed by atoms with E-state index < -0.39 is 11.3 Å². The molecule has 21 heavy (non-hydrogen) atoms. The fourth-order valence-corrected chi connectivity index (χ4v) is 3.22. The monoisotopic (exact) mass is 290 g/mol. The number of primary amides is 1. The lowest BCUT2D eigenvalue weighted by Crippen LogP contribution is -2.59. The lowest BCUT2D eigenvalue weighted by Gasteiger charge is -2.42. The van der Waals surface area contributed by atoms with Gasteiger partial charge in [-0.2, -0.15) is 0 Å². The molecule has 5 nitrogen and oxygen atoms in total. The third kappa shape index (κ3) is 2.95. The second-order valence-electron chi connectivity index (χ2n) is 5.89. The van der Waals surface area contributed by atoms with E-state index in [9.17, 15) is 4.79 Å². The molecule has 1 aromatic rings. The Bertz CT molecular complexity index is 488. The molecule has 114 valence electrons. The van der Waals surface area contributed by atoms with Crippen LogP contribution in [0.4, 0.5) is 0 Å². The molecule has 5 heteroatoms. The highest BCUT2D eigenvalue weighted by Crippen LogP contribution is 2.40. The second kappa shape index (κ2) is 5.75. The van der Waals surface area contributed by atoms with Crippen LogP contribution in [0, 0.1) is 0 Å². The third-order valence-electron chi connectivity index (χ3n) is 4.62. The van der Waals surface area contributed by atoms with Gasteiger partial charge in [-0.25, -0.2) is 0 Å². The van der Waals surface area contributed by atoms with Gasteiger partial charge in [0.2, 0.25) is 5.91 Å². The summed E-state index contributed by atoms with van der Waals surface area (Å²) in [5.41, 5.74) is 6.16. The molecule has 0 radical (unpaired) electrons. The van der Waals surface area contributed by atoms with Gasteiger partial charge in [0.25, 0.3) is 0 Å². The Morgan fingerprint density at radius 3 is 2.29 bits per heavy atom. The van der Waals surface area contributed by atoms with E-state index in [1.165, 1.54) is 0 Å². The fraction of sp³-hybridized carbons (Fsp3) is 0.562. The Labute approximate surface area is 124 Å². The van der Waals surface area contributed by atoms with Crippen LogP contribution in [0.25, 0.3) is 0 Å². The highest BCUT2D eigenvalue weighted by atomic mass is 16.7. The van der Waals surface area contributed by atoms with Gasteiger partial charge in [0.15, 0.2) is 5.79 Å². The number of hydrogen-bond donors (Lipinski definition) is 2. The van der Waals surface area contributed by atoms with Crippen LogP contribution in [0.5, 0.6) is 0 Å². The smallest absolute Gasteiger partial charge is 0.237 e. The Kier molecular flexibility index (Phi) is 3.97. The second-order valence-corrected chi connectivity index (χ2v) is 5.89. The van der Waals surface area contributed by atoms with Gasteiger partial charge < -0.3 is 15.2 Å². The quantitative estimate of drug-likeness (QED) is 0.877. The van der Waals surface area contributed by atoms with Gasteiger partial charge in [-0.1, -0.05) is 30.3 Å². The van der Waals surface area contributed by atoms with Crippen molar-refractivity contribution in [3.8, 4) is 0 Å². The minimum Gasteiger partial charge on any atom is -0.368 e. The van der Waals surface area contributed by atoms with Crippen molar-refractivity contribution in [1.82, 2.24) is 5.32 Å². The minimum absolute atomic E-state index is 0.286. The maximum atomic E-state index is 12.0. The Morgan fingerprint density at radius 1 is 1.10 bits per heavy atom. The zero-order chi connectivity index (χ0) is 14.8. The first-order chi connectivity index (χ1) is 10.1. The van der Waals surface area contributed by atoms with E-state index in [0.29, 0.717) is 45.4 Å². The van der Waals surface area contributed by atoms with Crippen LogP contribution in [0.2, 0.25) is 0 Å². The zero-order valence-corrected chi connectivity index (χ0v) is 12.1. The Balaban J connectivity index is 1.66. The van der Waals surface area contributed by atoms with E-state index in [0.717, 1.165) is 5.56 Å². The summed E-state index contributed by atoms with van der Waals surface area (Å²) in [6.07, 6.45) is 2.71. The van der Waals surface area contributed by atoms with Crippen molar-refractivity contribution in [3.05, 3.63) is 35.9 Å². The van der Waals surface area contributed by atoms with Crippen LogP contribution in [0.15, 0.2) is 30.3 Å². The van der Waals surface area contributed by atoms with E-state index in [2.05, 4.69) is 5.32 Å². The number of amides is 1. The summed E-state index contributed by atoms with van der Waals surface area (Å²) in [5, 5.41) is 3.37. The maximum Gasteiger partial charge on any atom is 0.237 e. The molecule has 1 amide bonds. The SMILES string of the molecule is NC(=O)C1(NCc2ccccc2)CCC2(CC1)OCCO2. The molecule has 3 rings (SSSR count). The van der Waals surface area contributed by atoms with Crippen molar-refractivity contribution >= 4 is 5.91 Å². The number of hydrogen-bond acceptors (Lipinski definition) is 4. The molecular formula is C16H22N2O3. The van der Waals surface area contributed by atoms with E-state index in [4.69, 9.17) is 15.2 Å². The molecule has 1 spiro atoms. The average molecular weight is 290 g/mol. The molecule has 0 atom stereocenters. The first-order valence-corrected chi connectivity index (χ1v) is 7.51. The van der Waals surface area contributed by atoms with Crippen molar-refractivity contribution < 1.29 is 14.3 Å². The molecule has 2 fully saturated rings. The summed E-state index contributed by atoms with van der Waals surface area (Å²) in [6, 6.07) is 10.0. The predicted octanol–water partition coefficient (Wildman–Crippen LogP) is 1.32. The summed E-state index contributed by atoms with van der Waals surface area (Å²) < 4.78 is 11.4. The topological polar surface area (TPSA) is 73.6 Å². The van der Waals surface area contributed by atoms with Crippen LogP contribution in [0.1, 0.15) is 31.2 Å². The number of nitrogens with two attached hydrogens (primary N) is 1. The van der Waals surface area contributed by atoms with E-state index in [1.54, 1.807) is 0 Å². The predicted molar refractivity (Wildman–Crippen MR) is 78.3 cm³/mol. The highest BCUT2D eigenvalue weighted by Gasteiger charge is 2.48. The molecule has 0 bridgehead atoms. The van der Waals surface area contributed by atoms with Crippen LogP contribution < -0.4 is 11.1 Å². The lowest BCUT2D eigenvalue weighted by atomic mass is 9.78. The summed E-state index contributed by atoms with van der Waals surface area (Å²) >= 11 is 0. The number of rotatable bonds is 4. The summed E-state index contributed by atoms with van der Waals surface area (Å²) in [5.74, 6) is -0.765. The number of ether oxygens (including phenoxy) is 2. The molecule has 1 aliphatic heterocycles. The van der Waals surface area contributed by atoms with Gasteiger partial charge >= 0.3 is 0 Å². The molecule has 2 aliphatic rings. The van der Waals surface area contributed by atoms with Crippen LogP contribution >= 0.6 is 0 Å². The standard InChI is InChI=1S/C16H22N2O3/c17-14(19)15(18-12-13-4-2-1-3-5-13)6-8-16(9-7-15)20-10-11-21-16/h1-5,18H,6-12H2,(H2,17,19). The van der Waals surface area contributed by atoms with Gasteiger partial charge in [-0.3, -0.25) is 10.1 Å². The van der Waals surface area contributed by atoms with Crippen molar-refractivity contribution in [2.75, 3.05) is 13.2 Å². The van der Waals surface area contributed by atoms with Crippen LogP contribution in [0.3, 0.4) is 0 Å². The first kappa shape index (κ1) is 14.5. The molecular weight excluding hydrogens is 268 g/mol. The van der Waals surface area contributed by atoms with Crippen LogP contribution in [-0.4, -0.2) is 30.4 Å². The molecule has 1 saturated carbocycles. The summed E-state index contributed by atoms with van der Waals surface area (Å²) in [4.78, 5) is 12.0. The Morgan fingerprint density at radius 2 is 1.71 bits per heavy atom. The number of carbonyl (C=O) groups excluding carboxylic acids is 1. The maximum absolute atomic E-state index is 12.0. The third-order valence-corrected chi connectivity index (χ3v) is 4.62. The molecule has 1 aromatic carbocycles. The van der Waals surface area contributed by atoms with Gasteiger partial charge in [-0.15, -0.1) is 0 Å². The highest BCUT2D eigenvalue weighted by molar-refractivity contribution is 5.84. The normalized spacial score (nSPS) is 23.2. The molecule has 0 aromatic heterocycles. The Hall–Kier alpha value is -1.43. The lowest BCUT2D eigenvalue weighted by molar-refractivity contribution is -0.187. The van der Waals surface area contributed by atoms with E-state index >= 15 is 0 Å². The number of benzene rings is 1. The van der Waals surface area contributed by atoms with Crippen LogP contribution in [-0.2, 0) is 20.8 Å². The van der Waals surface area contributed by atoms with E-state index in [1.807, 2.05) is 30.3 Å². The van der Waals surface area contributed by atoms with Crippen molar-refractivity contribution in [2.24, 2.45) is 5.73 Å².